The molecule has 7 heteroatoms. The van der Waals surface area contributed by atoms with E-state index < -0.39 is 0 Å². The van der Waals surface area contributed by atoms with Gasteiger partial charge in [0.05, 0.1) is 30.2 Å². The van der Waals surface area contributed by atoms with E-state index in [4.69, 9.17) is 9.47 Å². The Hall–Kier alpha value is -2.93. The van der Waals surface area contributed by atoms with Gasteiger partial charge < -0.3 is 20.1 Å². The van der Waals surface area contributed by atoms with E-state index in [0.29, 0.717) is 24.4 Å². The summed E-state index contributed by atoms with van der Waals surface area (Å²) in [5, 5.41) is 6.03. The van der Waals surface area contributed by atoms with Gasteiger partial charge >= 0.3 is 5.97 Å². The lowest BCUT2D eigenvalue weighted by molar-refractivity contribution is 0.0526. The van der Waals surface area contributed by atoms with Crippen LogP contribution in [-0.2, 0) is 9.47 Å². The summed E-state index contributed by atoms with van der Waals surface area (Å²) in [6.45, 7) is 3.39. The summed E-state index contributed by atoms with van der Waals surface area (Å²) in [7, 11) is 0. The molecule has 27 heavy (non-hydrogen) atoms. The second-order valence-corrected chi connectivity index (χ2v) is 6.20. The van der Waals surface area contributed by atoms with Gasteiger partial charge in [-0.1, -0.05) is 0 Å². The van der Waals surface area contributed by atoms with Crippen LogP contribution in [0.25, 0.3) is 0 Å². The van der Waals surface area contributed by atoms with Crippen molar-refractivity contribution in [3.05, 3.63) is 53.9 Å². The van der Waals surface area contributed by atoms with Gasteiger partial charge in [-0.2, -0.15) is 0 Å². The molecule has 1 aromatic heterocycles. The summed E-state index contributed by atoms with van der Waals surface area (Å²) < 4.78 is 10.4. The third kappa shape index (κ3) is 5.27. The molecule has 0 spiro atoms. The molecular formula is C20H23N3O4. The Morgan fingerprint density at radius 1 is 1.19 bits per heavy atom. The molecule has 0 aliphatic carbocycles. The number of benzene rings is 1. The first-order valence-electron chi connectivity index (χ1n) is 9.06. The molecule has 2 heterocycles. The van der Waals surface area contributed by atoms with Crippen LogP contribution in [0.1, 0.15) is 40.6 Å². The quantitative estimate of drug-likeness (QED) is 0.730. The van der Waals surface area contributed by atoms with E-state index in [0.717, 1.165) is 30.8 Å². The van der Waals surface area contributed by atoms with Gasteiger partial charge in [-0.3, -0.25) is 4.79 Å². The zero-order valence-electron chi connectivity index (χ0n) is 15.2. The molecule has 1 saturated heterocycles. The summed E-state index contributed by atoms with van der Waals surface area (Å²) in [6, 6.07) is 10.4. The van der Waals surface area contributed by atoms with Crippen molar-refractivity contribution in [2.24, 2.45) is 0 Å². The molecule has 0 radical (unpaired) electrons. The number of amides is 1. The van der Waals surface area contributed by atoms with Crippen molar-refractivity contribution >= 4 is 23.3 Å². The van der Waals surface area contributed by atoms with E-state index in [1.54, 1.807) is 49.5 Å². The van der Waals surface area contributed by atoms with Gasteiger partial charge in [-0.25, -0.2) is 9.78 Å². The van der Waals surface area contributed by atoms with Crippen molar-refractivity contribution in [1.29, 1.82) is 0 Å². The Morgan fingerprint density at radius 3 is 2.59 bits per heavy atom. The molecule has 2 N–H and O–H groups in total. The second kappa shape index (κ2) is 9.14. The van der Waals surface area contributed by atoms with Crippen LogP contribution < -0.4 is 10.6 Å². The number of rotatable bonds is 7. The number of nitrogens with one attached hydrogen (secondary N) is 2. The van der Waals surface area contributed by atoms with Crippen LogP contribution in [-0.4, -0.2) is 42.7 Å². The SMILES string of the molecule is CCOC(=O)c1ccc(Nc2ccc(C(=O)NCC3CCCO3)nc2)cc1. The highest BCUT2D eigenvalue weighted by Gasteiger charge is 2.17. The van der Waals surface area contributed by atoms with Crippen molar-refractivity contribution in [3.8, 4) is 0 Å². The van der Waals surface area contributed by atoms with Gasteiger partial charge in [0.15, 0.2) is 0 Å². The zero-order chi connectivity index (χ0) is 19.1. The molecule has 1 aliphatic rings. The lowest BCUT2D eigenvalue weighted by atomic mass is 10.2. The van der Waals surface area contributed by atoms with Crippen molar-refractivity contribution in [2.75, 3.05) is 25.1 Å². The van der Waals surface area contributed by atoms with Crippen LogP contribution in [0.15, 0.2) is 42.6 Å². The minimum Gasteiger partial charge on any atom is -0.462 e. The van der Waals surface area contributed by atoms with E-state index in [1.165, 1.54) is 0 Å². The van der Waals surface area contributed by atoms with Gasteiger partial charge in [0.25, 0.3) is 5.91 Å². The number of hydrogen-bond acceptors (Lipinski definition) is 6. The molecule has 0 saturated carbocycles. The third-order valence-electron chi connectivity index (χ3n) is 4.20. The first kappa shape index (κ1) is 18.8. The fourth-order valence-corrected chi connectivity index (χ4v) is 2.78. The van der Waals surface area contributed by atoms with Gasteiger partial charge in [0.2, 0.25) is 0 Å². The molecule has 142 valence electrons. The van der Waals surface area contributed by atoms with Crippen LogP contribution in [0.3, 0.4) is 0 Å². The fraction of sp³-hybridized carbons (Fsp3) is 0.350. The number of anilines is 2. The molecule has 7 nitrogen and oxygen atoms in total. The highest BCUT2D eigenvalue weighted by molar-refractivity contribution is 5.92. The lowest BCUT2D eigenvalue weighted by Gasteiger charge is -2.11. The van der Waals surface area contributed by atoms with Crippen molar-refractivity contribution < 1.29 is 19.1 Å². The molecule has 1 amide bonds. The van der Waals surface area contributed by atoms with Gasteiger partial charge in [0, 0.05) is 18.8 Å². The smallest absolute Gasteiger partial charge is 0.338 e. The highest BCUT2D eigenvalue weighted by atomic mass is 16.5. The maximum absolute atomic E-state index is 12.1. The average Bonchev–Trinajstić information content (AvgIpc) is 3.21. The van der Waals surface area contributed by atoms with Crippen molar-refractivity contribution in [1.82, 2.24) is 10.3 Å². The number of nitrogens with zero attached hydrogens (tertiary/aromatic N) is 1. The predicted octanol–water partition coefficient (Wildman–Crippen LogP) is 2.91. The van der Waals surface area contributed by atoms with Gasteiger partial charge in [-0.15, -0.1) is 0 Å². The van der Waals surface area contributed by atoms with Crippen LogP contribution in [0, 0.1) is 0 Å². The molecule has 2 aromatic rings. The Labute approximate surface area is 158 Å². The predicted molar refractivity (Wildman–Crippen MR) is 101 cm³/mol. The molecule has 1 atom stereocenters. The summed E-state index contributed by atoms with van der Waals surface area (Å²) in [4.78, 5) is 28.0. The maximum atomic E-state index is 12.1. The number of ether oxygens (including phenoxy) is 2. The Balaban J connectivity index is 1.53. The zero-order valence-corrected chi connectivity index (χ0v) is 15.2. The average molecular weight is 369 g/mol. The second-order valence-electron chi connectivity index (χ2n) is 6.20. The summed E-state index contributed by atoms with van der Waals surface area (Å²) in [5.41, 5.74) is 2.41. The maximum Gasteiger partial charge on any atom is 0.338 e. The minimum absolute atomic E-state index is 0.104. The Kier molecular flexibility index (Phi) is 6.38. The molecule has 1 unspecified atom stereocenters. The van der Waals surface area contributed by atoms with Gasteiger partial charge in [0.1, 0.15) is 5.69 Å². The normalized spacial score (nSPS) is 16.0. The summed E-state index contributed by atoms with van der Waals surface area (Å²) >= 11 is 0. The topological polar surface area (TPSA) is 89.5 Å². The van der Waals surface area contributed by atoms with Crippen LogP contribution in [0.4, 0.5) is 11.4 Å². The number of carbonyl (C=O) groups is 2. The standard InChI is InChI=1S/C20H23N3O4/c1-2-26-20(25)14-5-7-15(8-6-14)23-16-9-10-18(21-12-16)19(24)22-13-17-4-3-11-27-17/h5-10,12,17,23H,2-4,11,13H2,1H3,(H,22,24). The molecule has 1 fully saturated rings. The van der Waals surface area contributed by atoms with Crippen molar-refractivity contribution in [2.45, 2.75) is 25.9 Å². The molecule has 0 bridgehead atoms. The number of carbonyl (C=O) groups excluding carboxylic acids is 2. The van der Waals surface area contributed by atoms with E-state index in [-0.39, 0.29) is 18.0 Å². The third-order valence-corrected chi connectivity index (χ3v) is 4.20. The van der Waals surface area contributed by atoms with Crippen molar-refractivity contribution in [3.63, 3.8) is 0 Å². The molecule has 1 aromatic carbocycles. The molecular weight excluding hydrogens is 346 g/mol. The largest absolute Gasteiger partial charge is 0.462 e. The summed E-state index contributed by atoms with van der Waals surface area (Å²) in [5.74, 6) is -0.556. The number of hydrogen-bond donors (Lipinski definition) is 2. The number of aromatic nitrogens is 1. The van der Waals surface area contributed by atoms with Crippen LogP contribution in [0.2, 0.25) is 0 Å². The number of esters is 1. The number of pyridine rings is 1. The van der Waals surface area contributed by atoms with E-state index in [1.807, 2.05) is 0 Å². The first-order chi connectivity index (χ1) is 13.2. The molecule has 3 rings (SSSR count). The van der Waals surface area contributed by atoms with Gasteiger partial charge in [-0.05, 0) is 56.2 Å². The molecule has 1 aliphatic heterocycles. The monoisotopic (exact) mass is 369 g/mol. The Morgan fingerprint density at radius 2 is 1.96 bits per heavy atom. The van der Waals surface area contributed by atoms with Crippen LogP contribution >= 0.6 is 0 Å². The fourth-order valence-electron chi connectivity index (χ4n) is 2.78. The highest BCUT2D eigenvalue weighted by Crippen LogP contribution is 2.17. The van der Waals surface area contributed by atoms with E-state index >= 15 is 0 Å². The van der Waals surface area contributed by atoms with Crippen LogP contribution in [0.5, 0.6) is 0 Å². The minimum atomic E-state index is -0.343. The Bertz CT molecular complexity index is 769. The van der Waals surface area contributed by atoms with E-state index in [9.17, 15) is 9.59 Å². The first-order valence-corrected chi connectivity index (χ1v) is 9.06. The van der Waals surface area contributed by atoms with E-state index in [2.05, 4.69) is 15.6 Å². The lowest BCUT2D eigenvalue weighted by Crippen LogP contribution is -2.32. The summed E-state index contributed by atoms with van der Waals surface area (Å²) in [6.07, 6.45) is 3.72.